The maximum Gasteiger partial charge on any atom is 0.105 e. The Morgan fingerprint density at radius 1 is 0.464 bits per heavy atom. The van der Waals surface area contributed by atoms with Gasteiger partial charge < -0.3 is 10.2 Å². The second-order valence-corrected chi connectivity index (χ2v) is 6.80. The van der Waals surface area contributed by atoms with E-state index in [0.29, 0.717) is 5.56 Å². The molecule has 0 aliphatic carbocycles. The molecule has 2 atom stereocenters. The van der Waals surface area contributed by atoms with Crippen molar-refractivity contribution in [3.05, 3.63) is 131 Å². The van der Waals surface area contributed by atoms with Crippen LogP contribution in [-0.4, -0.2) is 10.2 Å². The maximum absolute atomic E-state index is 11.3. The van der Waals surface area contributed by atoms with Crippen LogP contribution in [0.2, 0.25) is 0 Å². The first-order chi connectivity index (χ1) is 13.8. The van der Waals surface area contributed by atoms with E-state index in [0.717, 1.165) is 27.8 Å². The number of benzene rings is 4. The van der Waals surface area contributed by atoms with E-state index in [4.69, 9.17) is 0 Å². The molecule has 0 amide bonds. The zero-order chi connectivity index (χ0) is 19.3. The van der Waals surface area contributed by atoms with Crippen LogP contribution >= 0.6 is 0 Å². The van der Waals surface area contributed by atoms with Gasteiger partial charge in [0.05, 0.1) is 0 Å². The average molecular weight is 366 g/mol. The minimum Gasteiger partial charge on any atom is -0.384 e. The van der Waals surface area contributed by atoms with Crippen molar-refractivity contribution in [2.24, 2.45) is 0 Å². The lowest BCUT2D eigenvalue weighted by Crippen LogP contribution is -2.10. The Morgan fingerprint density at radius 2 is 0.964 bits per heavy atom. The summed E-state index contributed by atoms with van der Waals surface area (Å²) in [7, 11) is 0. The van der Waals surface area contributed by atoms with Crippen LogP contribution in [0.25, 0.3) is 11.1 Å². The van der Waals surface area contributed by atoms with Crippen molar-refractivity contribution in [3.8, 4) is 11.1 Å². The van der Waals surface area contributed by atoms with E-state index in [9.17, 15) is 10.2 Å². The summed E-state index contributed by atoms with van der Waals surface area (Å²) in [5.74, 6) is 0. The number of aliphatic hydroxyl groups excluding tert-OH is 2. The summed E-state index contributed by atoms with van der Waals surface area (Å²) >= 11 is 0. The van der Waals surface area contributed by atoms with Crippen LogP contribution in [0.5, 0.6) is 0 Å². The van der Waals surface area contributed by atoms with Crippen LogP contribution in [0.4, 0.5) is 0 Å². The monoisotopic (exact) mass is 366 g/mol. The molecule has 2 nitrogen and oxygen atoms in total. The van der Waals surface area contributed by atoms with Gasteiger partial charge in [0.2, 0.25) is 0 Å². The van der Waals surface area contributed by atoms with Gasteiger partial charge in [-0.15, -0.1) is 0 Å². The summed E-state index contributed by atoms with van der Waals surface area (Å²) in [6.45, 7) is 0. The van der Waals surface area contributed by atoms with Gasteiger partial charge in [-0.3, -0.25) is 0 Å². The second-order valence-electron chi connectivity index (χ2n) is 6.80. The third kappa shape index (κ3) is 3.61. The van der Waals surface area contributed by atoms with Crippen LogP contribution < -0.4 is 0 Å². The zero-order valence-electron chi connectivity index (χ0n) is 15.4. The van der Waals surface area contributed by atoms with Crippen molar-refractivity contribution >= 4 is 0 Å². The molecule has 0 heterocycles. The van der Waals surface area contributed by atoms with Crippen LogP contribution in [0.15, 0.2) is 109 Å². The van der Waals surface area contributed by atoms with Gasteiger partial charge >= 0.3 is 0 Å². The molecule has 0 saturated heterocycles. The van der Waals surface area contributed by atoms with Crippen molar-refractivity contribution in [2.45, 2.75) is 12.2 Å². The minimum atomic E-state index is -0.842. The van der Waals surface area contributed by atoms with E-state index in [-0.39, 0.29) is 0 Å². The molecule has 2 unspecified atom stereocenters. The fourth-order valence-corrected chi connectivity index (χ4v) is 3.61. The molecule has 2 N–H and O–H groups in total. The molecule has 0 aliphatic heterocycles. The average Bonchev–Trinajstić information content (AvgIpc) is 2.79. The number of hydrogen-bond donors (Lipinski definition) is 2. The van der Waals surface area contributed by atoms with Gasteiger partial charge in [-0.05, 0) is 33.4 Å². The Kier molecular flexibility index (Phi) is 5.34. The molecule has 4 aromatic carbocycles. The quantitative estimate of drug-likeness (QED) is 0.488. The molecule has 28 heavy (non-hydrogen) atoms. The third-order valence-corrected chi connectivity index (χ3v) is 5.02. The Labute approximate surface area is 165 Å². The Hall–Kier alpha value is -3.20. The standard InChI is InChI=1S/C26H22O2/c27-25(20-13-6-2-7-14-20)23-18-10-17-22(19-11-4-1-5-12-19)24(23)26(28)21-15-8-3-9-16-21/h1-18,25-28H. The lowest BCUT2D eigenvalue weighted by molar-refractivity contribution is 0.197. The first-order valence-electron chi connectivity index (χ1n) is 9.40. The van der Waals surface area contributed by atoms with Gasteiger partial charge in [-0.25, -0.2) is 0 Å². The summed E-state index contributed by atoms with van der Waals surface area (Å²) in [5.41, 5.74) is 4.97. The van der Waals surface area contributed by atoms with E-state index in [2.05, 4.69) is 0 Å². The highest BCUT2D eigenvalue weighted by atomic mass is 16.3. The van der Waals surface area contributed by atoms with Crippen molar-refractivity contribution < 1.29 is 10.2 Å². The molecule has 4 aromatic rings. The molecule has 138 valence electrons. The SMILES string of the molecule is OC(c1ccccc1)c1cccc(-c2ccccc2)c1C(O)c1ccccc1. The summed E-state index contributed by atoms with van der Waals surface area (Å²) < 4.78 is 0. The molecule has 4 rings (SSSR count). The molecule has 0 fully saturated rings. The van der Waals surface area contributed by atoms with Crippen molar-refractivity contribution in [2.75, 3.05) is 0 Å². The van der Waals surface area contributed by atoms with Gasteiger partial charge in [0.15, 0.2) is 0 Å². The van der Waals surface area contributed by atoms with E-state index in [1.165, 1.54) is 0 Å². The fraction of sp³-hybridized carbons (Fsp3) is 0.0769. The number of rotatable bonds is 5. The van der Waals surface area contributed by atoms with Gasteiger partial charge in [0, 0.05) is 0 Å². The predicted octanol–water partition coefficient (Wildman–Crippen LogP) is 5.52. The predicted molar refractivity (Wildman–Crippen MR) is 113 cm³/mol. The Bertz CT molecular complexity index is 1030. The van der Waals surface area contributed by atoms with E-state index in [1.54, 1.807) is 0 Å². The van der Waals surface area contributed by atoms with Gasteiger partial charge in [-0.2, -0.15) is 0 Å². The number of hydrogen-bond acceptors (Lipinski definition) is 2. The lowest BCUT2D eigenvalue weighted by Gasteiger charge is -2.23. The van der Waals surface area contributed by atoms with Gasteiger partial charge in [0.1, 0.15) is 12.2 Å². The van der Waals surface area contributed by atoms with E-state index in [1.807, 2.05) is 109 Å². The first-order valence-corrected chi connectivity index (χ1v) is 9.40. The molecular weight excluding hydrogens is 344 g/mol. The molecule has 2 heteroatoms. The Balaban J connectivity index is 1.91. The molecule has 0 aliphatic rings. The highest BCUT2D eigenvalue weighted by Gasteiger charge is 2.24. The number of aliphatic hydroxyl groups is 2. The summed E-state index contributed by atoms with van der Waals surface area (Å²) in [6.07, 6.45) is -1.66. The van der Waals surface area contributed by atoms with Gasteiger partial charge in [-0.1, -0.05) is 109 Å². The molecule has 0 bridgehead atoms. The summed E-state index contributed by atoms with van der Waals surface area (Å²) in [6, 6.07) is 34.9. The van der Waals surface area contributed by atoms with Crippen LogP contribution in [0, 0.1) is 0 Å². The van der Waals surface area contributed by atoms with Crippen LogP contribution in [-0.2, 0) is 0 Å². The topological polar surface area (TPSA) is 40.5 Å². The van der Waals surface area contributed by atoms with Gasteiger partial charge in [0.25, 0.3) is 0 Å². The zero-order valence-corrected chi connectivity index (χ0v) is 15.4. The van der Waals surface area contributed by atoms with E-state index < -0.39 is 12.2 Å². The van der Waals surface area contributed by atoms with E-state index >= 15 is 0 Å². The molecule has 0 radical (unpaired) electrons. The lowest BCUT2D eigenvalue weighted by atomic mass is 9.85. The van der Waals surface area contributed by atoms with Crippen LogP contribution in [0.3, 0.4) is 0 Å². The Morgan fingerprint density at radius 3 is 1.54 bits per heavy atom. The third-order valence-electron chi connectivity index (χ3n) is 5.02. The maximum atomic E-state index is 11.3. The molecular formula is C26H22O2. The highest BCUT2D eigenvalue weighted by Crippen LogP contribution is 2.38. The largest absolute Gasteiger partial charge is 0.384 e. The van der Waals surface area contributed by atoms with Crippen molar-refractivity contribution in [1.29, 1.82) is 0 Å². The van der Waals surface area contributed by atoms with Crippen molar-refractivity contribution in [3.63, 3.8) is 0 Å². The highest BCUT2D eigenvalue weighted by molar-refractivity contribution is 5.70. The summed E-state index contributed by atoms with van der Waals surface area (Å²) in [5, 5.41) is 22.4. The van der Waals surface area contributed by atoms with Crippen molar-refractivity contribution in [1.82, 2.24) is 0 Å². The minimum absolute atomic E-state index is 0.712. The smallest absolute Gasteiger partial charge is 0.105 e. The first kappa shape index (κ1) is 18.2. The molecule has 0 saturated carbocycles. The van der Waals surface area contributed by atoms with Crippen LogP contribution in [0.1, 0.15) is 34.5 Å². The normalized spacial score (nSPS) is 13.1. The second kappa shape index (κ2) is 8.22. The molecule has 0 spiro atoms. The fourth-order valence-electron chi connectivity index (χ4n) is 3.61. The summed E-state index contributed by atoms with van der Waals surface area (Å²) in [4.78, 5) is 0. The molecule has 0 aromatic heterocycles.